The molecule has 0 aliphatic rings. The second kappa shape index (κ2) is 6.57. The van der Waals surface area contributed by atoms with Gasteiger partial charge in [-0.2, -0.15) is 0 Å². The third-order valence-electron chi connectivity index (χ3n) is 5.37. The molecule has 3 rings (SSSR count). The van der Waals surface area contributed by atoms with Gasteiger partial charge in [0.2, 0.25) is 0 Å². The van der Waals surface area contributed by atoms with E-state index in [2.05, 4.69) is 0 Å². The number of benzene rings is 2. The quantitative estimate of drug-likeness (QED) is 0.602. The summed E-state index contributed by atoms with van der Waals surface area (Å²) in [7, 11) is 1.26. The molecule has 0 fully saturated rings. The Morgan fingerprint density at radius 1 is 0.615 bits per heavy atom. The smallest absolute Gasteiger partial charge is 0.384 e. The highest BCUT2D eigenvalue weighted by molar-refractivity contribution is 7.30. The van der Waals surface area contributed by atoms with Crippen LogP contribution in [0.1, 0.15) is 33.4 Å². The minimum atomic E-state index is -2.08. The van der Waals surface area contributed by atoms with Gasteiger partial charge in [-0.25, -0.2) is 0 Å². The molecule has 3 aromatic rings. The molecule has 5 nitrogen and oxygen atoms in total. The fourth-order valence-corrected chi connectivity index (χ4v) is 4.61. The zero-order valence-corrected chi connectivity index (χ0v) is 17.4. The maximum atomic E-state index is 10.4. The van der Waals surface area contributed by atoms with E-state index >= 15 is 0 Å². The zero-order chi connectivity index (χ0) is 19.3. The highest BCUT2D eigenvalue weighted by Crippen LogP contribution is 2.45. The summed E-state index contributed by atoms with van der Waals surface area (Å²) < 4.78 is 23.1. The summed E-state index contributed by atoms with van der Waals surface area (Å²) in [5, 5.41) is 1.77. The number of fused-ring (bicyclic) bond motifs is 3. The lowest BCUT2D eigenvalue weighted by Gasteiger charge is -2.17. The van der Waals surface area contributed by atoms with Crippen molar-refractivity contribution < 1.29 is 22.8 Å². The predicted octanol–water partition coefficient (Wildman–Crippen LogP) is 5.91. The van der Waals surface area contributed by atoms with Crippen LogP contribution in [0.5, 0.6) is 11.5 Å². The number of hydrogen-bond acceptors (Lipinski definition) is 5. The molecule has 2 aromatic carbocycles. The molecule has 1 aromatic heterocycles. The molecule has 140 valence electrons. The first-order valence-corrected chi connectivity index (χ1v) is 9.58. The number of aryl methyl sites for hydroxylation is 4. The van der Waals surface area contributed by atoms with Crippen LogP contribution < -0.4 is 9.47 Å². The van der Waals surface area contributed by atoms with Gasteiger partial charge in [0, 0.05) is 21.9 Å². The van der Waals surface area contributed by atoms with E-state index in [-0.39, 0.29) is 0 Å². The fraction of sp³-hybridized carbons (Fsp3) is 0.400. The molecule has 1 N–H and O–H groups in total. The lowest BCUT2D eigenvalue weighted by molar-refractivity contribution is 0.408. The zero-order valence-electron chi connectivity index (χ0n) is 16.5. The predicted molar refractivity (Wildman–Crippen MR) is 105 cm³/mol. The molecule has 0 aliphatic heterocycles. The maximum Gasteiger partial charge on any atom is 0.384 e. The van der Waals surface area contributed by atoms with E-state index in [9.17, 15) is 4.89 Å². The summed E-state index contributed by atoms with van der Waals surface area (Å²) >= 11 is 0. The average molecular weight is 376 g/mol. The Morgan fingerprint density at radius 3 is 1.27 bits per heavy atom. The van der Waals surface area contributed by atoms with Crippen molar-refractivity contribution in [3.63, 3.8) is 0 Å². The average Bonchev–Trinajstić information content (AvgIpc) is 2.76. The lowest BCUT2D eigenvalue weighted by atomic mass is 9.93. The van der Waals surface area contributed by atoms with Crippen LogP contribution in [0.15, 0.2) is 8.39 Å². The number of hydrogen-bond donors (Lipinski definition) is 1. The molecule has 0 spiro atoms. The molecule has 1 heterocycles. The fourth-order valence-electron chi connectivity index (χ4n) is 3.80. The topological polar surface area (TPSA) is 65.0 Å². The molecule has 6 heteroatoms. The Labute approximate surface area is 154 Å². The van der Waals surface area contributed by atoms with E-state index < -0.39 is 8.24 Å². The van der Waals surface area contributed by atoms with Crippen LogP contribution in [-0.2, 0) is 0 Å². The third-order valence-corrected chi connectivity index (χ3v) is 6.05. The van der Waals surface area contributed by atoms with E-state index in [0.717, 1.165) is 55.7 Å². The van der Waals surface area contributed by atoms with Crippen molar-refractivity contribution in [1.29, 1.82) is 0 Å². The van der Waals surface area contributed by atoms with Gasteiger partial charge in [0.1, 0.15) is 22.7 Å². The van der Waals surface area contributed by atoms with Crippen LogP contribution in [0.3, 0.4) is 0 Å². The Hall–Kier alpha value is -2.10. The van der Waals surface area contributed by atoms with Gasteiger partial charge in [0.15, 0.2) is 0 Å². The molecule has 0 amide bonds. The Kier molecular flexibility index (Phi) is 4.72. The Bertz CT molecular complexity index is 995. The van der Waals surface area contributed by atoms with E-state index in [1.807, 2.05) is 41.5 Å². The second-order valence-electron chi connectivity index (χ2n) is 6.65. The first-order chi connectivity index (χ1) is 12.2. The van der Waals surface area contributed by atoms with E-state index in [1.54, 1.807) is 14.2 Å². The normalized spacial score (nSPS) is 11.3. The summed E-state index contributed by atoms with van der Waals surface area (Å²) in [6.07, 6.45) is 0. The molecular weight excluding hydrogens is 351 g/mol. The minimum absolute atomic E-state index is 0.640. The third kappa shape index (κ3) is 2.50. The van der Waals surface area contributed by atoms with Crippen molar-refractivity contribution in [3.05, 3.63) is 33.4 Å². The summed E-state index contributed by atoms with van der Waals surface area (Å²) in [6, 6.07) is 0. The monoisotopic (exact) mass is 376 g/mol. The van der Waals surface area contributed by atoms with Crippen LogP contribution in [0, 0.1) is 41.5 Å². The summed E-state index contributed by atoms with van der Waals surface area (Å²) in [4.78, 5) is 10.4. The molecule has 0 saturated heterocycles. The molecule has 0 unspecified atom stereocenters. The van der Waals surface area contributed by atoms with Crippen molar-refractivity contribution >= 4 is 30.2 Å². The largest absolute Gasteiger partial charge is 0.496 e. The first-order valence-electron chi connectivity index (χ1n) is 8.45. The van der Waals surface area contributed by atoms with Crippen molar-refractivity contribution in [1.82, 2.24) is 0 Å². The van der Waals surface area contributed by atoms with Gasteiger partial charge in [-0.1, -0.05) is 0 Å². The number of ether oxygens (including phenoxy) is 2. The number of methoxy groups -OCH3 is 2. The number of rotatable bonds is 2. The molecule has 0 saturated carbocycles. The van der Waals surface area contributed by atoms with E-state index in [1.165, 1.54) is 0 Å². The summed E-state index contributed by atoms with van der Waals surface area (Å²) in [5.41, 5.74) is 7.02. The van der Waals surface area contributed by atoms with Gasteiger partial charge in [0.25, 0.3) is 0 Å². The first kappa shape index (κ1) is 18.7. The van der Waals surface area contributed by atoms with Gasteiger partial charge < -0.3 is 17.9 Å². The molecule has 26 heavy (non-hydrogen) atoms. The van der Waals surface area contributed by atoms with Gasteiger partial charge in [-0.05, 0) is 63.8 Å². The minimum Gasteiger partial charge on any atom is -0.496 e. The highest BCUT2D eigenvalue weighted by atomic mass is 31.1. The van der Waals surface area contributed by atoms with Crippen molar-refractivity contribution in [2.24, 2.45) is 0 Å². The van der Waals surface area contributed by atoms with Crippen LogP contribution in [0.4, 0.5) is 0 Å². The van der Waals surface area contributed by atoms with Crippen LogP contribution in [0.2, 0.25) is 0 Å². The molecule has 0 bridgehead atoms. The van der Waals surface area contributed by atoms with Crippen LogP contribution in [0.25, 0.3) is 21.9 Å². The summed E-state index contributed by atoms with van der Waals surface area (Å²) in [6.45, 7) is 11.9. The van der Waals surface area contributed by atoms with Crippen LogP contribution in [-0.4, -0.2) is 19.1 Å². The standard InChI is InChI=1S/C20H25O5P/c1-9-11(3)19-15(13(5)17(9)22-7)16-14(6)18(23-8)10(2)12(4)20(16)25-26(21)24-19/h21H,1-8H3. The van der Waals surface area contributed by atoms with Gasteiger partial charge in [-0.3, -0.25) is 4.89 Å². The van der Waals surface area contributed by atoms with Crippen molar-refractivity contribution in [2.45, 2.75) is 41.5 Å². The van der Waals surface area contributed by atoms with Gasteiger partial charge in [-0.15, -0.1) is 0 Å². The summed E-state index contributed by atoms with van der Waals surface area (Å²) in [5.74, 6) is 1.63. The molecular formula is C20H25O5P. The van der Waals surface area contributed by atoms with E-state index in [0.29, 0.717) is 11.2 Å². The van der Waals surface area contributed by atoms with Gasteiger partial charge in [0.05, 0.1) is 14.2 Å². The van der Waals surface area contributed by atoms with Crippen molar-refractivity contribution in [2.75, 3.05) is 14.2 Å². The van der Waals surface area contributed by atoms with Crippen LogP contribution >= 0.6 is 8.24 Å². The molecule has 0 atom stereocenters. The maximum absolute atomic E-state index is 10.4. The molecule has 0 aliphatic carbocycles. The van der Waals surface area contributed by atoms with E-state index in [4.69, 9.17) is 17.9 Å². The Morgan fingerprint density at radius 2 is 0.962 bits per heavy atom. The SMILES string of the molecule is COc1c(C)c(C)c2op(O)oc3c(C)c(C)c(OC)c(C)c3c2c1C. The Balaban J connectivity index is 2.82. The molecule has 0 radical (unpaired) electrons. The highest BCUT2D eigenvalue weighted by Gasteiger charge is 2.22. The van der Waals surface area contributed by atoms with Gasteiger partial charge >= 0.3 is 8.24 Å². The lowest BCUT2D eigenvalue weighted by Crippen LogP contribution is -1.98. The second-order valence-corrected chi connectivity index (χ2v) is 7.49. The van der Waals surface area contributed by atoms with Crippen molar-refractivity contribution in [3.8, 4) is 11.5 Å².